The molecule has 1 saturated heterocycles. The normalized spacial score (nSPS) is 18.9. The number of hydrogen-bond acceptors (Lipinski definition) is 11. The lowest BCUT2D eigenvalue weighted by molar-refractivity contribution is -0.301. The Morgan fingerprint density at radius 1 is 0.453 bits per heavy atom. The molecule has 0 bridgehead atoms. The topological polar surface area (TPSA) is 175 Å². The van der Waals surface area contributed by atoms with Gasteiger partial charge in [0, 0.05) is 19.3 Å². The maximum Gasteiger partial charge on any atom is 0.335 e. The SMILES string of the molecule is CC/C=C\C/C=C\C/C=C\C/C=C\C/C=C\CCCCCC(=O)OCC(COC1OC(C(=O)O)C(O)C(O)C1OC(=O)CCCCCCCCC/C=C\C/C=C\C/C=C\CC)OC(=O)CCCCCCCCCCC. The Bertz CT molecular complexity index is 1670. The first-order valence-electron chi connectivity index (χ1n) is 29.2. The first kappa shape index (κ1) is 68.7. The molecule has 0 aromatic rings. The van der Waals surface area contributed by atoms with Crippen LogP contribution in [0.1, 0.15) is 226 Å². The zero-order valence-electron chi connectivity index (χ0n) is 46.8. The first-order chi connectivity index (χ1) is 36.6. The van der Waals surface area contributed by atoms with Crippen molar-refractivity contribution in [2.45, 2.75) is 263 Å². The number of ether oxygens (including phenoxy) is 5. The van der Waals surface area contributed by atoms with Crippen LogP contribution in [0.25, 0.3) is 0 Å². The Kier molecular flexibility index (Phi) is 46.2. The van der Waals surface area contributed by atoms with E-state index in [2.05, 4.69) is 118 Å². The predicted octanol–water partition coefficient (Wildman–Crippen LogP) is 14.9. The Labute approximate surface area is 453 Å². The van der Waals surface area contributed by atoms with Crippen LogP contribution >= 0.6 is 0 Å². The van der Waals surface area contributed by atoms with Gasteiger partial charge in [0.05, 0.1) is 6.61 Å². The summed E-state index contributed by atoms with van der Waals surface area (Å²) in [6, 6.07) is 0. The molecule has 0 saturated carbocycles. The van der Waals surface area contributed by atoms with Crippen molar-refractivity contribution in [2.75, 3.05) is 13.2 Å². The molecule has 0 aliphatic carbocycles. The van der Waals surface area contributed by atoms with Crippen LogP contribution in [0.3, 0.4) is 0 Å². The van der Waals surface area contributed by atoms with Gasteiger partial charge in [0.15, 0.2) is 24.6 Å². The van der Waals surface area contributed by atoms with Crippen molar-refractivity contribution >= 4 is 23.9 Å². The standard InChI is InChI=1S/C63H102O12/c1-4-7-10-13-16-19-21-23-25-27-28-30-31-33-35-38-40-43-46-49-55(64)71-52-54(73-56(65)50-47-44-41-37-18-15-12-9-6-3)53-72-63-61(59(68)58(67)60(75-63)62(69)70)74-57(66)51-48-45-42-39-36-34-32-29-26-24-22-20-17-14-11-8-5-2/h7-8,10-11,16-17,19-20,23-26,28,30,33,35,54,58-61,63,67-68H,4-6,9,12-15,18,21-22,27,29,31-32,34,36-53H2,1-3H3,(H,69,70)/b10-7-,11-8-,19-16-,20-17-,25-23-,26-24-,30-28-,35-33-. The third-order valence-corrected chi connectivity index (χ3v) is 12.7. The van der Waals surface area contributed by atoms with E-state index in [1.54, 1.807) is 0 Å². The molecule has 12 heteroatoms. The molecule has 0 spiro atoms. The number of carbonyl (C=O) groups excluding carboxylic acids is 3. The molecule has 6 atom stereocenters. The number of esters is 3. The number of aliphatic carboxylic acids is 1. The number of aliphatic hydroxyl groups is 2. The van der Waals surface area contributed by atoms with Crippen molar-refractivity contribution in [2.24, 2.45) is 0 Å². The zero-order valence-corrected chi connectivity index (χ0v) is 46.8. The number of rotatable bonds is 48. The van der Waals surface area contributed by atoms with Gasteiger partial charge in [-0.25, -0.2) is 4.79 Å². The Balaban J connectivity index is 2.67. The molecule has 426 valence electrons. The molecule has 1 heterocycles. The summed E-state index contributed by atoms with van der Waals surface area (Å²) in [6.45, 7) is 5.70. The highest BCUT2D eigenvalue weighted by Crippen LogP contribution is 2.26. The second-order valence-corrected chi connectivity index (χ2v) is 19.5. The number of allylic oxidation sites excluding steroid dienone is 16. The molecule has 1 fully saturated rings. The van der Waals surface area contributed by atoms with Crippen molar-refractivity contribution in [3.05, 3.63) is 97.2 Å². The number of carboxylic acid groups (broad SMARTS) is 1. The minimum atomic E-state index is -1.91. The molecular formula is C63H102O12. The lowest BCUT2D eigenvalue weighted by Crippen LogP contribution is -2.61. The van der Waals surface area contributed by atoms with E-state index in [0.29, 0.717) is 19.3 Å². The van der Waals surface area contributed by atoms with Gasteiger partial charge in [-0.2, -0.15) is 0 Å². The summed E-state index contributed by atoms with van der Waals surface area (Å²) in [4.78, 5) is 51.0. The van der Waals surface area contributed by atoms with Gasteiger partial charge in [0.25, 0.3) is 0 Å². The van der Waals surface area contributed by atoms with Crippen LogP contribution in [0.2, 0.25) is 0 Å². The highest BCUT2D eigenvalue weighted by molar-refractivity contribution is 5.74. The summed E-state index contributed by atoms with van der Waals surface area (Å²) in [6.07, 6.45) is 53.9. The van der Waals surface area contributed by atoms with Gasteiger partial charge in [-0.15, -0.1) is 0 Å². The van der Waals surface area contributed by atoms with Gasteiger partial charge in [-0.3, -0.25) is 14.4 Å². The molecule has 12 nitrogen and oxygen atoms in total. The molecule has 1 aliphatic heterocycles. The second kappa shape index (κ2) is 50.5. The fraction of sp³-hybridized carbons (Fsp3) is 0.683. The average Bonchev–Trinajstić information content (AvgIpc) is 3.39. The van der Waals surface area contributed by atoms with Gasteiger partial charge in [0.2, 0.25) is 0 Å². The van der Waals surface area contributed by atoms with Crippen molar-refractivity contribution in [1.29, 1.82) is 0 Å². The molecule has 0 amide bonds. The summed E-state index contributed by atoms with van der Waals surface area (Å²) < 4.78 is 28.3. The Morgan fingerprint density at radius 3 is 1.29 bits per heavy atom. The van der Waals surface area contributed by atoms with E-state index in [0.717, 1.165) is 135 Å². The van der Waals surface area contributed by atoms with Crippen LogP contribution in [0.5, 0.6) is 0 Å². The Hall–Kier alpha value is -4.36. The van der Waals surface area contributed by atoms with E-state index in [4.69, 9.17) is 23.7 Å². The van der Waals surface area contributed by atoms with Gasteiger partial charge < -0.3 is 39.0 Å². The average molecular weight is 1050 g/mol. The number of unbranched alkanes of at least 4 members (excludes halogenated alkanes) is 18. The monoisotopic (exact) mass is 1050 g/mol. The second-order valence-electron chi connectivity index (χ2n) is 19.5. The van der Waals surface area contributed by atoms with Crippen LogP contribution in [0.4, 0.5) is 0 Å². The van der Waals surface area contributed by atoms with Crippen LogP contribution in [0, 0.1) is 0 Å². The van der Waals surface area contributed by atoms with Crippen molar-refractivity contribution in [1.82, 2.24) is 0 Å². The lowest BCUT2D eigenvalue weighted by atomic mass is 9.98. The number of carbonyl (C=O) groups is 4. The number of carboxylic acids is 1. The summed E-state index contributed by atoms with van der Waals surface area (Å²) in [5, 5.41) is 31.4. The van der Waals surface area contributed by atoms with Crippen molar-refractivity contribution in [3.63, 3.8) is 0 Å². The number of hydrogen-bond donors (Lipinski definition) is 3. The highest BCUT2D eigenvalue weighted by Gasteiger charge is 2.50. The van der Waals surface area contributed by atoms with E-state index in [9.17, 15) is 34.5 Å². The minimum absolute atomic E-state index is 0.0426. The van der Waals surface area contributed by atoms with Crippen molar-refractivity contribution < 1.29 is 58.2 Å². The first-order valence-corrected chi connectivity index (χ1v) is 29.2. The molecule has 1 aliphatic rings. The van der Waals surface area contributed by atoms with E-state index in [1.807, 2.05) is 0 Å². The summed E-state index contributed by atoms with van der Waals surface area (Å²) in [5.41, 5.74) is 0. The summed E-state index contributed by atoms with van der Waals surface area (Å²) >= 11 is 0. The molecule has 75 heavy (non-hydrogen) atoms. The molecule has 3 N–H and O–H groups in total. The summed E-state index contributed by atoms with van der Waals surface area (Å²) in [7, 11) is 0. The fourth-order valence-corrected chi connectivity index (χ4v) is 8.23. The molecule has 0 aromatic heterocycles. The molecule has 0 aromatic carbocycles. The third kappa shape index (κ3) is 40.6. The minimum Gasteiger partial charge on any atom is -0.479 e. The van der Waals surface area contributed by atoms with Gasteiger partial charge in [0.1, 0.15) is 18.8 Å². The van der Waals surface area contributed by atoms with Crippen LogP contribution < -0.4 is 0 Å². The third-order valence-electron chi connectivity index (χ3n) is 12.7. The van der Waals surface area contributed by atoms with E-state index in [1.165, 1.54) is 32.1 Å². The molecular weight excluding hydrogens is 949 g/mol. The molecule has 1 rings (SSSR count). The maximum absolute atomic E-state index is 13.1. The number of aliphatic hydroxyl groups excluding tert-OH is 2. The van der Waals surface area contributed by atoms with E-state index < -0.39 is 67.3 Å². The zero-order chi connectivity index (χ0) is 54.7. The quantitative estimate of drug-likeness (QED) is 0.0228. The van der Waals surface area contributed by atoms with Crippen molar-refractivity contribution in [3.8, 4) is 0 Å². The van der Waals surface area contributed by atoms with Gasteiger partial charge >= 0.3 is 23.9 Å². The van der Waals surface area contributed by atoms with E-state index in [-0.39, 0.29) is 25.9 Å². The maximum atomic E-state index is 13.1. The predicted molar refractivity (Wildman–Crippen MR) is 303 cm³/mol. The smallest absolute Gasteiger partial charge is 0.335 e. The van der Waals surface area contributed by atoms with Gasteiger partial charge in [-0.1, -0.05) is 208 Å². The van der Waals surface area contributed by atoms with Gasteiger partial charge in [-0.05, 0) is 96.3 Å². The lowest BCUT2D eigenvalue weighted by Gasteiger charge is -2.40. The van der Waals surface area contributed by atoms with Crippen LogP contribution in [0.15, 0.2) is 97.2 Å². The molecule has 0 radical (unpaired) electrons. The largest absolute Gasteiger partial charge is 0.479 e. The Morgan fingerprint density at radius 2 is 0.840 bits per heavy atom. The van der Waals surface area contributed by atoms with Crippen LogP contribution in [-0.2, 0) is 42.9 Å². The van der Waals surface area contributed by atoms with Crippen LogP contribution in [-0.4, -0.2) is 89.2 Å². The fourth-order valence-electron chi connectivity index (χ4n) is 8.23. The molecule has 6 unspecified atom stereocenters. The highest BCUT2D eigenvalue weighted by atomic mass is 16.7. The summed E-state index contributed by atoms with van der Waals surface area (Å²) in [5.74, 6) is -3.18. The van der Waals surface area contributed by atoms with E-state index >= 15 is 0 Å².